The predicted molar refractivity (Wildman–Crippen MR) is 78.5 cm³/mol. The van der Waals surface area contributed by atoms with Gasteiger partial charge in [-0.25, -0.2) is 9.97 Å². The minimum Gasteiger partial charge on any atom is -0.404 e. The molecule has 0 spiro atoms. The van der Waals surface area contributed by atoms with E-state index >= 15 is 0 Å². The van der Waals surface area contributed by atoms with E-state index in [1.165, 1.54) is 6.20 Å². The van der Waals surface area contributed by atoms with Crippen LogP contribution in [0.1, 0.15) is 5.56 Å². The van der Waals surface area contributed by atoms with E-state index in [9.17, 15) is 0 Å². The molecule has 4 N–H and O–H groups in total. The highest BCUT2D eigenvalue weighted by Gasteiger charge is 2.04. The highest BCUT2D eigenvalue weighted by molar-refractivity contribution is 6.09. The summed E-state index contributed by atoms with van der Waals surface area (Å²) in [6.45, 7) is 0. The largest absolute Gasteiger partial charge is 0.404 e. The number of nitrogens with two attached hydrogens (primary N) is 2. The minimum atomic E-state index is 0.445. The molecule has 0 fully saturated rings. The van der Waals surface area contributed by atoms with Gasteiger partial charge < -0.3 is 11.5 Å². The molecule has 5 nitrogen and oxygen atoms in total. The van der Waals surface area contributed by atoms with Gasteiger partial charge >= 0.3 is 0 Å². The van der Waals surface area contributed by atoms with Crippen LogP contribution in [-0.4, -0.2) is 23.2 Å². The summed E-state index contributed by atoms with van der Waals surface area (Å²) in [5.74, 6) is 1.03. The smallest absolute Gasteiger partial charge is 0.161 e. The summed E-state index contributed by atoms with van der Waals surface area (Å²) in [7, 11) is 1.70. The van der Waals surface area contributed by atoms with Gasteiger partial charge in [0.2, 0.25) is 0 Å². The maximum atomic E-state index is 5.66. The van der Waals surface area contributed by atoms with Gasteiger partial charge in [0.15, 0.2) is 5.82 Å². The lowest BCUT2D eigenvalue weighted by molar-refractivity contribution is 1.18. The molecule has 0 radical (unpaired) electrons. The van der Waals surface area contributed by atoms with Crippen molar-refractivity contribution in [2.45, 2.75) is 0 Å². The molecule has 19 heavy (non-hydrogen) atoms. The van der Waals surface area contributed by atoms with Gasteiger partial charge in [-0.3, -0.25) is 4.99 Å². The van der Waals surface area contributed by atoms with Crippen molar-refractivity contribution in [2.75, 3.05) is 12.8 Å². The molecule has 5 heteroatoms. The van der Waals surface area contributed by atoms with Gasteiger partial charge in [0.25, 0.3) is 0 Å². The Kier molecular flexibility index (Phi) is 3.87. The second-order valence-electron chi connectivity index (χ2n) is 3.90. The Labute approximate surface area is 111 Å². The highest BCUT2D eigenvalue weighted by atomic mass is 14.9. The zero-order valence-electron chi connectivity index (χ0n) is 10.6. The maximum absolute atomic E-state index is 5.66. The SMILES string of the molecule is CN=CC(=CN)c1cccc(-c2nccc(N)n2)c1. The number of aliphatic imine (C=N–C) groups is 1. The number of allylic oxidation sites excluding steroid dienone is 1. The van der Waals surface area contributed by atoms with Gasteiger partial charge in [0.1, 0.15) is 5.82 Å². The molecular formula is C14H15N5. The molecule has 0 aliphatic heterocycles. The molecule has 0 aliphatic rings. The zero-order chi connectivity index (χ0) is 13.7. The van der Waals surface area contributed by atoms with E-state index in [2.05, 4.69) is 15.0 Å². The predicted octanol–water partition coefficient (Wildman–Crippen LogP) is 1.73. The molecule has 0 aliphatic carbocycles. The summed E-state index contributed by atoms with van der Waals surface area (Å²) in [5, 5.41) is 0. The number of hydrogen-bond donors (Lipinski definition) is 2. The van der Waals surface area contributed by atoms with Crippen molar-refractivity contribution in [3.8, 4) is 11.4 Å². The second kappa shape index (κ2) is 5.77. The third kappa shape index (κ3) is 2.95. The van der Waals surface area contributed by atoms with Crippen molar-refractivity contribution in [2.24, 2.45) is 10.7 Å². The van der Waals surface area contributed by atoms with Crippen molar-refractivity contribution in [3.05, 3.63) is 48.3 Å². The van der Waals surface area contributed by atoms with Crippen LogP contribution in [-0.2, 0) is 0 Å². The van der Waals surface area contributed by atoms with Crippen molar-refractivity contribution in [1.82, 2.24) is 9.97 Å². The van der Waals surface area contributed by atoms with E-state index in [4.69, 9.17) is 11.5 Å². The summed E-state index contributed by atoms with van der Waals surface area (Å²) in [6, 6.07) is 9.41. The van der Waals surface area contributed by atoms with Gasteiger partial charge in [0, 0.05) is 36.8 Å². The maximum Gasteiger partial charge on any atom is 0.161 e. The van der Waals surface area contributed by atoms with Crippen LogP contribution in [0.15, 0.2) is 47.7 Å². The first-order valence-electron chi connectivity index (χ1n) is 5.78. The number of benzene rings is 1. The van der Waals surface area contributed by atoms with E-state index in [0.29, 0.717) is 11.6 Å². The van der Waals surface area contributed by atoms with Crippen LogP contribution >= 0.6 is 0 Å². The van der Waals surface area contributed by atoms with Gasteiger partial charge in [-0.05, 0) is 17.7 Å². The van der Waals surface area contributed by atoms with Crippen LogP contribution in [0, 0.1) is 0 Å². The molecular weight excluding hydrogens is 238 g/mol. The molecule has 0 saturated carbocycles. The Balaban J connectivity index is 2.45. The number of aromatic nitrogens is 2. The zero-order valence-corrected chi connectivity index (χ0v) is 10.6. The van der Waals surface area contributed by atoms with E-state index in [-0.39, 0.29) is 0 Å². The Morgan fingerprint density at radius 3 is 2.84 bits per heavy atom. The van der Waals surface area contributed by atoms with Gasteiger partial charge in [-0.15, -0.1) is 0 Å². The van der Waals surface area contributed by atoms with E-state index in [1.54, 1.807) is 25.5 Å². The lowest BCUT2D eigenvalue weighted by Gasteiger charge is -2.05. The molecule has 0 atom stereocenters. The molecule has 1 aromatic carbocycles. The molecule has 2 rings (SSSR count). The van der Waals surface area contributed by atoms with E-state index < -0.39 is 0 Å². The number of anilines is 1. The monoisotopic (exact) mass is 253 g/mol. The average molecular weight is 253 g/mol. The minimum absolute atomic E-state index is 0.445. The Morgan fingerprint density at radius 2 is 2.16 bits per heavy atom. The Hall–Kier alpha value is -2.69. The molecule has 1 aromatic heterocycles. The molecule has 0 saturated heterocycles. The topological polar surface area (TPSA) is 90.2 Å². The van der Waals surface area contributed by atoms with E-state index in [1.807, 2.05) is 24.3 Å². The molecule has 0 unspecified atom stereocenters. The van der Waals surface area contributed by atoms with Gasteiger partial charge in [-0.2, -0.15) is 0 Å². The first-order valence-corrected chi connectivity index (χ1v) is 5.78. The van der Waals surface area contributed by atoms with Crippen LogP contribution in [0.5, 0.6) is 0 Å². The third-order valence-electron chi connectivity index (χ3n) is 2.58. The van der Waals surface area contributed by atoms with Crippen molar-refractivity contribution in [3.63, 3.8) is 0 Å². The van der Waals surface area contributed by atoms with Crippen molar-refractivity contribution < 1.29 is 0 Å². The summed E-state index contributed by atoms with van der Waals surface area (Å²) in [6.07, 6.45) is 4.86. The fraction of sp³-hybridized carbons (Fsp3) is 0.0714. The number of hydrogen-bond acceptors (Lipinski definition) is 5. The summed E-state index contributed by atoms with van der Waals surface area (Å²) in [5.41, 5.74) is 13.9. The fourth-order valence-corrected chi connectivity index (χ4v) is 1.70. The van der Waals surface area contributed by atoms with Gasteiger partial charge in [0.05, 0.1) is 0 Å². The standard InChI is InChI=1S/C14H15N5/c1-17-9-12(8-15)10-3-2-4-11(7-10)14-18-6-5-13(16)19-14/h2-9H,15H2,1H3,(H2,16,18,19). The van der Waals surface area contributed by atoms with Crippen molar-refractivity contribution >= 4 is 17.6 Å². The molecule has 0 bridgehead atoms. The second-order valence-corrected chi connectivity index (χ2v) is 3.90. The Morgan fingerprint density at radius 1 is 1.32 bits per heavy atom. The third-order valence-corrected chi connectivity index (χ3v) is 2.58. The van der Waals surface area contributed by atoms with Crippen LogP contribution in [0.25, 0.3) is 17.0 Å². The average Bonchev–Trinajstić information content (AvgIpc) is 2.45. The number of rotatable bonds is 3. The van der Waals surface area contributed by atoms with Crippen LogP contribution in [0.3, 0.4) is 0 Å². The first kappa shape index (κ1) is 12.8. The van der Waals surface area contributed by atoms with Crippen LogP contribution in [0.2, 0.25) is 0 Å². The van der Waals surface area contributed by atoms with E-state index in [0.717, 1.165) is 16.7 Å². The van der Waals surface area contributed by atoms with Gasteiger partial charge in [-0.1, -0.05) is 18.2 Å². The quantitative estimate of drug-likeness (QED) is 0.815. The lowest BCUT2D eigenvalue weighted by atomic mass is 10.0. The van der Waals surface area contributed by atoms with Crippen LogP contribution < -0.4 is 11.5 Å². The summed E-state index contributed by atoms with van der Waals surface area (Å²) >= 11 is 0. The first-order chi connectivity index (χ1) is 9.24. The molecule has 1 heterocycles. The lowest BCUT2D eigenvalue weighted by Crippen LogP contribution is -1.96. The Bertz CT molecular complexity index is 631. The number of nitrogens with zero attached hydrogens (tertiary/aromatic N) is 3. The molecule has 0 amide bonds. The molecule has 2 aromatic rings. The summed E-state index contributed by atoms with van der Waals surface area (Å²) in [4.78, 5) is 12.4. The highest BCUT2D eigenvalue weighted by Crippen LogP contribution is 2.20. The number of nitrogen functional groups attached to an aromatic ring is 1. The van der Waals surface area contributed by atoms with Crippen molar-refractivity contribution in [1.29, 1.82) is 0 Å². The summed E-state index contributed by atoms with van der Waals surface area (Å²) < 4.78 is 0. The molecule has 96 valence electrons. The normalized spacial score (nSPS) is 11.9. The van der Waals surface area contributed by atoms with Crippen LogP contribution in [0.4, 0.5) is 5.82 Å². The fourth-order valence-electron chi connectivity index (χ4n) is 1.70.